The van der Waals surface area contributed by atoms with Crippen LogP contribution >= 0.6 is 0 Å². The Labute approximate surface area is 117 Å². The predicted octanol–water partition coefficient (Wildman–Crippen LogP) is -3.06. The molecular weight excluding hydrogens is 217 g/mol. The van der Waals surface area contributed by atoms with Crippen LogP contribution < -0.4 is 39.6 Å². The quantitative estimate of drug-likeness (QED) is 0.515. The number of hydrogen-bond donors (Lipinski definition) is 0. The first-order chi connectivity index (χ1) is 7.02. The molecule has 0 spiro atoms. The molecule has 0 aliphatic rings. The van der Waals surface area contributed by atoms with Crippen LogP contribution in [0, 0.1) is 5.92 Å². The molecule has 1 aromatic rings. The van der Waals surface area contributed by atoms with Gasteiger partial charge in [0.05, 0.1) is 5.97 Å². The van der Waals surface area contributed by atoms with Gasteiger partial charge >= 0.3 is 29.6 Å². The molecule has 0 atom stereocenters. The van der Waals surface area contributed by atoms with Crippen molar-refractivity contribution in [3.8, 4) is 0 Å². The van der Waals surface area contributed by atoms with Crippen LogP contribution in [0.3, 0.4) is 0 Å². The average molecular weight is 231 g/mol. The second kappa shape index (κ2) is 6.83. The van der Waals surface area contributed by atoms with Crippen molar-refractivity contribution in [2.45, 2.75) is 13.8 Å². The van der Waals surface area contributed by atoms with Gasteiger partial charge in [-0.3, -0.25) is 0 Å². The zero-order chi connectivity index (χ0) is 11.4. The number of aromatic nitrogens is 2. The Morgan fingerprint density at radius 3 is 2.50 bits per heavy atom. The minimum Gasteiger partial charge on any atom is -0.543 e. The third-order valence-corrected chi connectivity index (χ3v) is 1.87. The van der Waals surface area contributed by atoms with Gasteiger partial charge in [-0.05, 0) is 5.92 Å². The van der Waals surface area contributed by atoms with Crippen LogP contribution in [-0.2, 0) is 0 Å². The second-order valence-electron chi connectivity index (χ2n) is 3.79. The summed E-state index contributed by atoms with van der Waals surface area (Å²) in [5, 5.41) is 10.8. The summed E-state index contributed by atoms with van der Waals surface area (Å²) in [5.74, 6) is -0.522. The molecule has 82 valence electrons. The minimum absolute atomic E-state index is 0. The first-order valence-electron chi connectivity index (χ1n) is 4.76. The van der Waals surface area contributed by atoms with Crippen LogP contribution in [0.25, 0.3) is 0 Å². The molecule has 0 fully saturated rings. The number of nitrogens with zero attached hydrogens (tertiary/aromatic N) is 3. The van der Waals surface area contributed by atoms with Gasteiger partial charge in [-0.1, -0.05) is 13.8 Å². The van der Waals surface area contributed by atoms with E-state index in [1.807, 2.05) is 13.8 Å². The SMILES string of the molecule is CC(C)CN(C)c1nccnc1C(=O)[O-].[Na+]. The van der Waals surface area contributed by atoms with Crippen molar-refractivity contribution in [1.29, 1.82) is 0 Å². The maximum absolute atomic E-state index is 10.8. The van der Waals surface area contributed by atoms with Gasteiger partial charge in [-0.25, -0.2) is 9.97 Å². The van der Waals surface area contributed by atoms with Gasteiger partial charge in [0.25, 0.3) is 0 Å². The third-order valence-electron chi connectivity index (χ3n) is 1.87. The van der Waals surface area contributed by atoms with E-state index < -0.39 is 5.97 Å². The second-order valence-corrected chi connectivity index (χ2v) is 3.79. The molecule has 0 aliphatic heterocycles. The van der Waals surface area contributed by atoms with Crippen LogP contribution in [-0.4, -0.2) is 29.5 Å². The van der Waals surface area contributed by atoms with Crippen LogP contribution in [0.5, 0.6) is 0 Å². The Morgan fingerprint density at radius 1 is 1.44 bits per heavy atom. The van der Waals surface area contributed by atoms with Gasteiger partial charge in [-0.15, -0.1) is 0 Å². The van der Waals surface area contributed by atoms with E-state index in [-0.39, 0.29) is 35.3 Å². The number of carboxylic acids is 1. The Morgan fingerprint density at radius 2 is 2.00 bits per heavy atom. The monoisotopic (exact) mass is 231 g/mol. The van der Waals surface area contributed by atoms with Crippen LogP contribution in [0.15, 0.2) is 12.4 Å². The Hall–Kier alpha value is -0.650. The van der Waals surface area contributed by atoms with Gasteiger partial charge in [0, 0.05) is 26.0 Å². The smallest absolute Gasteiger partial charge is 0.543 e. The molecular formula is C10H14N3NaO2. The maximum Gasteiger partial charge on any atom is 1.00 e. The molecule has 0 aliphatic carbocycles. The number of carboxylic acid groups (broad SMARTS) is 1. The standard InChI is InChI=1S/C10H15N3O2.Na/c1-7(2)6-13(3)9-8(10(14)15)11-4-5-12-9;/h4-5,7H,6H2,1-3H3,(H,14,15);/q;+1/p-1. The molecule has 0 amide bonds. The number of anilines is 1. The summed E-state index contributed by atoms with van der Waals surface area (Å²) in [6.07, 6.45) is 2.82. The van der Waals surface area contributed by atoms with Crippen LogP contribution in [0.1, 0.15) is 24.3 Å². The molecule has 0 saturated carbocycles. The van der Waals surface area contributed by atoms with Gasteiger partial charge < -0.3 is 14.8 Å². The van der Waals surface area contributed by atoms with Crippen molar-refractivity contribution < 1.29 is 39.5 Å². The normalized spacial score (nSPS) is 9.75. The van der Waals surface area contributed by atoms with Gasteiger partial charge in [0.2, 0.25) is 0 Å². The molecule has 0 bridgehead atoms. The molecule has 0 unspecified atom stereocenters. The van der Waals surface area contributed by atoms with Gasteiger partial charge in [-0.2, -0.15) is 0 Å². The molecule has 0 N–H and O–H groups in total. The van der Waals surface area contributed by atoms with E-state index in [0.29, 0.717) is 11.7 Å². The van der Waals surface area contributed by atoms with Crippen molar-refractivity contribution >= 4 is 11.8 Å². The fraction of sp³-hybridized carbons (Fsp3) is 0.500. The van der Waals surface area contributed by atoms with Gasteiger partial charge in [0.1, 0.15) is 5.69 Å². The van der Waals surface area contributed by atoms with Crippen LogP contribution in [0.4, 0.5) is 5.82 Å². The molecule has 1 aromatic heterocycles. The Kier molecular flexibility index (Phi) is 6.55. The maximum atomic E-state index is 10.8. The number of hydrogen-bond acceptors (Lipinski definition) is 5. The topological polar surface area (TPSA) is 69.2 Å². The largest absolute Gasteiger partial charge is 1.00 e. The van der Waals surface area contributed by atoms with Crippen molar-refractivity contribution in [3.05, 3.63) is 18.1 Å². The summed E-state index contributed by atoms with van der Waals surface area (Å²) in [6, 6.07) is 0. The summed E-state index contributed by atoms with van der Waals surface area (Å²) in [4.78, 5) is 20.3. The van der Waals surface area contributed by atoms with Crippen molar-refractivity contribution in [1.82, 2.24) is 9.97 Å². The first kappa shape index (κ1) is 15.3. The zero-order valence-corrected chi connectivity index (χ0v) is 12.1. The summed E-state index contributed by atoms with van der Waals surface area (Å²) in [5.41, 5.74) is -0.111. The van der Waals surface area contributed by atoms with E-state index in [1.54, 1.807) is 11.9 Å². The summed E-state index contributed by atoms with van der Waals surface area (Å²) >= 11 is 0. The minimum atomic E-state index is -1.30. The van der Waals surface area contributed by atoms with E-state index in [9.17, 15) is 9.90 Å². The number of rotatable bonds is 4. The van der Waals surface area contributed by atoms with Crippen molar-refractivity contribution in [2.24, 2.45) is 5.92 Å². The molecule has 6 heteroatoms. The number of carbonyl (C=O) groups is 1. The molecule has 0 aromatic carbocycles. The fourth-order valence-corrected chi connectivity index (χ4v) is 1.39. The third kappa shape index (κ3) is 4.08. The first-order valence-corrected chi connectivity index (χ1v) is 4.76. The molecule has 5 nitrogen and oxygen atoms in total. The zero-order valence-electron chi connectivity index (χ0n) is 10.1. The van der Waals surface area contributed by atoms with E-state index in [2.05, 4.69) is 9.97 Å². The van der Waals surface area contributed by atoms with E-state index >= 15 is 0 Å². The van der Waals surface area contributed by atoms with E-state index in [1.165, 1.54) is 12.4 Å². The number of aromatic carboxylic acids is 1. The summed E-state index contributed by atoms with van der Waals surface area (Å²) in [6.45, 7) is 4.82. The molecule has 0 saturated heterocycles. The fourth-order valence-electron chi connectivity index (χ4n) is 1.39. The van der Waals surface area contributed by atoms with Crippen molar-refractivity contribution in [3.63, 3.8) is 0 Å². The van der Waals surface area contributed by atoms with E-state index in [0.717, 1.165) is 6.54 Å². The van der Waals surface area contributed by atoms with Crippen molar-refractivity contribution in [2.75, 3.05) is 18.5 Å². The number of carbonyl (C=O) groups excluding carboxylic acids is 1. The predicted molar refractivity (Wildman–Crippen MR) is 54.5 cm³/mol. The average Bonchev–Trinajstić information content (AvgIpc) is 2.16. The Balaban J connectivity index is 0.00000225. The summed E-state index contributed by atoms with van der Waals surface area (Å²) < 4.78 is 0. The Bertz CT molecular complexity index is 358. The van der Waals surface area contributed by atoms with Crippen LogP contribution in [0.2, 0.25) is 0 Å². The molecule has 1 rings (SSSR count). The molecule has 0 radical (unpaired) electrons. The van der Waals surface area contributed by atoms with Gasteiger partial charge in [0.15, 0.2) is 5.82 Å². The molecule has 16 heavy (non-hydrogen) atoms. The van der Waals surface area contributed by atoms with E-state index in [4.69, 9.17) is 0 Å². The molecule has 1 heterocycles. The summed E-state index contributed by atoms with van der Waals surface area (Å²) in [7, 11) is 1.79.